The molecular formula is C8H5ClN2O2. The second kappa shape index (κ2) is 3.06. The molecule has 0 unspecified atom stereocenters. The van der Waals surface area contributed by atoms with E-state index in [-0.39, 0.29) is 17.0 Å². The van der Waals surface area contributed by atoms with Gasteiger partial charge in [-0.05, 0) is 23.7 Å². The van der Waals surface area contributed by atoms with E-state index in [0.29, 0.717) is 5.56 Å². The minimum atomic E-state index is -0.0433. The molecule has 4 nitrogen and oxygen atoms in total. The van der Waals surface area contributed by atoms with Gasteiger partial charge in [-0.25, -0.2) is 0 Å². The highest BCUT2D eigenvalue weighted by atomic mass is 35.5. The van der Waals surface area contributed by atoms with Gasteiger partial charge in [-0.3, -0.25) is 0 Å². The van der Waals surface area contributed by atoms with Crippen LogP contribution in [0, 0.1) is 0 Å². The maximum Gasteiger partial charge on any atom is 0.313 e. The number of phenols is 1. The van der Waals surface area contributed by atoms with Crippen LogP contribution < -0.4 is 0 Å². The predicted octanol–water partition coefficient (Wildman–Crippen LogP) is 2.10. The van der Waals surface area contributed by atoms with Crippen LogP contribution in [0.4, 0.5) is 0 Å². The molecule has 1 aromatic carbocycles. The molecule has 1 N–H and O–H groups in total. The zero-order valence-corrected chi connectivity index (χ0v) is 7.19. The first-order valence-corrected chi connectivity index (χ1v) is 3.92. The molecular weight excluding hydrogens is 192 g/mol. The van der Waals surface area contributed by atoms with E-state index in [1.54, 1.807) is 18.2 Å². The number of halogens is 1. The summed E-state index contributed by atoms with van der Waals surface area (Å²) in [5, 5.41) is 16.5. The predicted molar refractivity (Wildman–Crippen MR) is 46.4 cm³/mol. The molecule has 2 aromatic rings. The summed E-state index contributed by atoms with van der Waals surface area (Å²) >= 11 is 5.44. The first kappa shape index (κ1) is 8.07. The van der Waals surface area contributed by atoms with Gasteiger partial charge >= 0.3 is 5.35 Å². The second-order valence-corrected chi connectivity index (χ2v) is 2.70. The van der Waals surface area contributed by atoms with E-state index >= 15 is 0 Å². The molecule has 13 heavy (non-hydrogen) atoms. The lowest BCUT2D eigenvalue weighted by molar-refractivity contribution is 0.473. The molecule has 2 rings (SSSR count). The van der Waals surface area contributed by atoms with Gasteiger partial charge in [-0.15, -0.1) is 5.10 Å². The van der Waals surface area contributed by atoms with Gasteiger partial charge in [-0.2, -0.15) is 0 Å². The summed E-state index contributed by atoms with van der Waals surface area (Å²) < 4.78 is 4.93. The van der Waals surface area contributed by atoms with Crippen LogP contribution in [0.15, 0.2) is 28.7 Å². The second-order valence-electron chi connectivity index (χ2n) is 2.38. The molecule has 0 aliphatic rings. The first-order valence-electron chi connectivity index (χ1n) is 3.55. The fourth-order valence-electron chi connectivity index (χ4n) is 0.969. The van der Waals surface area contributed by atoms with Crippen molar-refractivity contribution in [2.45, 2.75) is 0 Å². The highest BCUT2D eigenvalue weighted by Crippen LogP contribution is 2.27. The zero-order valence-electron chi connectivity index (χ0n) is 6.44. The van der Waals surface area contributed by atoms with Crippen LogP contribution >= 0.6 is 11.6 Å². The van der Waals surface area contributed by atoms with Gasteiger partial charge in [0.25, 0.3) is 5.89 Å². The number of para-hydroxylation sites is 1. The van der Waals surface area contributed by atoms with Gasteiger partial charge in [0.05, 0.1) is 5.56 Å². The molecule has 0 atom stereocenters. The smallest absolute Gasteiger partial charge is 0.313 e. The van der Waals surface area contributed by atoms with Crippen LogP contribution in [-0.4, -0.2) is 15.3 Å². The fraction of sp³-hybridized carbons (Fsp3) is 0. The van der Waals surface area contributed by atoms with E-state index < -0.39 is 0 Å². The summed E-state index contributed by atoms with van der Waals surface area (Å²) in [5.74, 6) is 0.297. The lowest BCUT2D eigenvalue weighted by Crippen LogP contribution is -1.77. The summed E-state index contributed by atoms with van der Waals surface area (Å²) in [6.07, 6.45) is 0. The Hall–Kier alpha value is -1.55. The van der Waals surface area contributed by atoms with E-state index in [4.69, 9.17) is 16.0 Å². The summed E-state index contributed by atoms with van der Waals surface area (Å²) in [5.41, 5.74) is 0.474. The lowest BCUT2D eigenvalue weighted by atomic mass is 10.2. The molecule has 0 amide bonds. The number of hydrogen-bond acceptors (Lipinski definition) is 4. The molecule has 66 valence electrons. The molecule has 0 spiro atoms. The van der Waals surface area contributed by atoms with E-state index in [1.807, 2.05) is 0 Å². The molecule has 0 saturated heterocycles. The Morgan fingerprint density at radius 3 is 2.62 bits per heavy atom. The standard InChI is InChI=1S/C8H5ClN2O2/c9-8-11-10-7(13-8)5-3-1-2-4-6(5)12/h1-4,12H. The maximum absolute atomic E-state index is 9.40. The zero-order chi connectivity index (χ0) is 9.26. The molecule has 0 bridgehead atoms. The van der Waals surface area contributed by atoms with Crippen LogP contribution in [-0.2, 0) is 0 Å². The van der Waals surface area contributed by atoms with Crippen molar-refractivity contribution in [2.75, 3.05) is 0 Å². The van der Waals surface area contributed by atoms with Crippen LogP contribution in [0.3, 0.4) is 0 Å². The highest BCUT2D eigenvalue weighted by Gasteiger charge is 2.09. The van der Waals surface area contributed by atoms with E-state index in [0.717, 1.165) is 0 Å². The summed E-state index contributed by atoms with van der Waals surface area (Å²) in [6.45, 7) is 0. The third kappa shape index (κ3) is 1.48. The summed E-state index contributed by atoms with van der Waals surface area (Å²) in [7, 11) is 0. The van der Waals surface area contributed by atoms with E-state index in [9.17, 15) is 5.11 Å². The average Bonchev–Trinajstić information content (AvgIpc) is 2.53. The lowest BCUT2D eigenvalue weighted by Gasteiger charge is -1.96. The van der Waals surface area contributed by atoms with Crippen molar-refractivity contribution in [3.8, 4) is 17.2 Å². The summed E-state index contributed by atoms with van der Waals surface area (Å²) in [6, 6.07) is 6.66. The van der Waals surface area contributed by atoms with Crippen molar-refractivity contribution >= 4 is 11.6 Å². The van der Waals surface area contributed by atoms with Crippen LogP contribution in [0.5, 0.6) is 5.75 Å². The normalized spacial score (nSPS) is 10.2. The van der Waals surface area contributed by atoms with Crippen molar-refractivity contribution in [2.24, 2.45) is 0 Å². The molecule has 0 aliphatic heterocycles. The minimum Gasteiger partial charge on any atom is -0.507 e. The van der Waals surface area contributed by atoms with E-state index in [2.05, 4.69) is 10.2 Å². The SMILES string of the molecule is Oc1ccccc1-c1nnc(Cl)o1. The maximum atomic E-state index is 9.40. The largest absolute Gasteiger partial charge is 0.507 e. The van der Waals surface area contributed by atoms with Gasteiger partial charge in [0.2, 0.25) is 0 Å². The van der Waals surface area contributed by atoms with Crippen molar-refractivity contribution in [1.29, 1.82) is 0 Å². The average molecular weight is 197 g/mol. The van der Waals surface area contributed by atoms with Gasteiger partial charge in [-0.1, -0.05) is 17.2 Å². The molecule has 0 fully saturated rings. The Labute approximate surface area is 78.8 Å². The number of rotatable bonds is 1. The number of phenolic OH excluding ortho intramolecular Hbond substituents is 1. The minimum absolute atomic E-state index is 0.0433. The first-order chi connectivity index (χ1) is 6.27. The quantitative estimate of drug-likeness (QED) is 0.759. The van der Waals surface area contributed by atoms with Crippen molar-refractivity contribution in [1.82, 2.24) is 10.2 Å². The number of aromatic hydroxyl groups is 1. The third-order valence-corrected chi connectivity index (χ3v) is 1.69. The number of nitrogens with zero attached hydrogens (tertiary/aromatic N) is 2. The number of aromatic nitrogens is 2. The molecule has 1 aromatic heterocycles. The molecule has 5 heteroatoms. The van der Waals surface area contributed by atoms with Crippen LogP contribution in [0.1, 0.15) is 0 Å². The monoisotopic (exact) mass is 196 g/mol. The van der Waals surface area contributed by atoms with Gasteiger partial charge in [0.15, 0.2) is 0 Å². The summed E-state index contributed by atoms with van der Waals surface area (Å²) in [4.78, 5) is 0. The van der Waals surface area contributed by atoms with Gasteiger partial charge in [0.1, 0.15) is 5.75 Å². The van der Waals surface area contributed by atoms with Crippen LogP contribution in [0.25, 0.3) is 11.5 Å². The topological polar surface area (TPSA) is 59.2 Å². The Bertz CT molecular complexity index is 428. The fourth-order valence-corrected chi connectivity index (χ4v) is 1.08. The Morgan fingerprint density at radius 1 is 1.23 bits per heavy atom. The molecule has 1 heterocycles. The van der Waals surface area contributed by atoms with Crippen molar-refractivity contribution in [3.05, 3.63) is 29.6 Å². The molecule has 0 radical (unpaired) electrons. The van der Waals surface area contributed by atoms with Crippen molar-refractivity contribution < 1.29 is 9.52 Å². The Balaban J connectivity index is 2.52. The number of benzene rings is 1. The van der Waals surface area contributed by atoms with Gasteiger partial charge in [0, 0.05) is 0 Å². The Kier molecular flexibility index (Phi) is 1.90. The van der Waals surface area contributed by atoms with E-state index in [1.165, 1.54) is 6.07 Å². The molecule has 0 saturated carbocycles. The highest BCUT2D eigenvalue weighted by molar-refractivity contribution is 6.27. The van der Waals surface area contributed by atoms with Gasteiger partial charge < -0.3 is 9.52 Å². The number of hydrogen-bond donors (Lipinski definition) is 1. The Morgan fingerprint density at radius 2 is 2.00 bits per heavy atom. The third-order valence-electron chi connectivity index (χ3n) is 1.53. The van der Waals surface area contributed by atoms with Crippen molar-refractivity contribution in [3.63, 3.8) is 0 Å². The molecule has 0 aliphatic carbocycles. The van der Waals surface area contributed by atoms with Crippen LogP contribution in [0.2, 0.25) is 5.35 Å².